The summed E-state index contributed by atoms with van der Waals surface area (Å²) >= 11 is 0. The van der Waals surface area contributed by atoms with Crippen LogP contribution < -0.4 is 4.74 Å². The first-order chi connectivity index (χ1) is 7.68. The fourth-order valence-corrected chi connectivity index (χ4v) is 1.27. The van der Waals surface area contributed by atoms with Crippen molar-refractivity contribution in [2.24, 2.45) is 5.92 Å². The van der Waals surface area contributed by atoms with Crippen LogP contribution in [0.15, 0.2) is 24.3 Å². The average Bonchev–Trinajstić information content (AvgIpc) is 2.25. The second-order valence-electron chi connectivity index (χ2n) is 4.46. The SMILES string of the molecule is Cc1ccc(OCCOCCC(C)C)cc1. The van der Waals surface area contributed by atoms with Gasteiger partial charge >= 0.3 is 0 Å². The average molecular weight is 222 g/mol. The molecule has 0 bridgehead atoms. The Balaban J connectivity index is 2.05. The Hall–Kier alpha value is -1.02. The molecular weight excluding hydrogens is 200 g/mol. The number of benzene rings is 1. The zero-order valence-corrected chi connectivity index (χ0v) is 10.5. The Morgan fingerprint density at radius 2 is 1.69 bits per heavy atom. The van der Waals surface area contributed by atoms with E-state index in [1.54, 1.807) is 0 Å². The Kier molecular flexibility index (Phi) is 5.94. The molecule has 16 heavy (non-hydrogen) atoms. The predicted molar refractivity (Wildman–Crippen MR) is 66.9 cm³/mol. The van der Waals surface area contributed by atoms with Gasteiger partial charge in [-0.3, -0.25) is 0 Å². The molecular formula is C14H22O2. The summed E-state index contributed by atoms with van der Waals surface area (Å²) < 4.78 is 11.0. The molecule has 0 atom stereocenters. The van der Waals surface area contributed by atoms with Crippen molar-refractivity contribution in [1.82, 2.24) is 0 Å². The second-order valence-corrected chi connectivity index (χ2v) is 4.46. The van der Waals surface area contributed by atoms with Crippen molar-refractivity contribution in [2.45, 2.75) is 27.2 Å². The molecule has 1 aromatic carbocycles. The van der Waals surface area contributed by atoms with E-state index in [9.17, 15) is 0 Å². The molecule has 2 nitrogen and oxygen atoms in total. The highest BCUT2D eigenvalue weighted by Crippen LogP contribution is 2.10. The molecule has 90 valence electrons. The zero-order valence-electron chi connectivity index (χ0n) is 10.5. The van der Waals surface area contributed by atoms with E-state index >= 15 is 0 Å². The number of hydrogen-bond donors (Lipinski definition) is 0. The molecule has 1 aromatic rings. The predicted octanol–water partition coefficient (Wildman–Crippen LogP) is 3.44. The van der Waals surface area contributed by atoms with Crippen molar-refractivity contribution in [3.8, 4) is 5.75 Å². The Bertz CT molecular complexity index is 277. The summed E-state index contributed by atoms with van der Waals surface area (Å²) in [6.45, 7) is 8.59. The lowest BCUT2D eigenvalue weighted by Gasteiger charge is -2.08. The van der Waals surface area contributed by atoms with Crippen LogP contribution in [0.3, 0.4) is 0 Å². The zero-order chi connectivity index (χ0) is 11.8. The quantitative estimate of drug-likeness (QED) is 0.658. The van der Waals surface area contributed by atoms with Gasteiger partial charge in [-0.1, -0.05) is 31.5 Å². The van der Waals surface area contributed by atoms with Gasteiger partial charge in [0, 0.05) is 6.61 Å². The summed E-state index contributed by atoms with van der Waals surface area (Å²) in [5, 5.41) is 0. The van der Waals surface area contributed by atoms with Crippen molar-refractivity contribution >= 4 is 0 Å². The first kappa shape index (κ1) is 13.0. The maximum absolute atomic E-state index is 5.54. The van der Waals surface area contributed by atoms with E-state index in [2.05, 4.69) is 32.9 Å². The van der Waals surface area contributed by atoms with Gasteiger partial charge in [-0.25, -0.2) is 0 Å². The van der Waals surface area contributed by atoms with Crippen LogP contribution in [0.4, 0.5) is 0 Å². The fraction of sp³-hybridized carbons (Fsp3) is 0.571. The van der Waals surface area contributed by atoms with Gasteiger partial charge in [0.25, 0.3) is 0 Å². The maximum Gasteiger partial charge on any atom is 0.119 e. The van der Waals surface area contributed by atoms with E-state index in [1.807, 2.05) is 12.1 Å². The summed E-state index contributed by atoms with van der Waals surface area (Å²) in [7, 11) is 0. The monoisotopic (exact) mass is 222 g/mol. The lowest BCUT2D eigenvalue weighted by Crippen LogP contribution is -2.08. The van der Waals surface area contributed by atoms with Gasteiger partial charge in [0.2, 0.25) is 0 Å². The molecule has 0 aliphatic heterocycles. The third kappa shape index (κ3) is 5.76. The van der Waals surface area contributed by atoms with Gasteiger partial charge in [0.1, 0.15) is 12.4 Å². The lowest BCUT2D eigenvalue weighted by atomic mass is 10.1. The molecule has 0 aliphatic carbocycles. The number of ether oxygens (including phenoxy) is 2. The van der Waals surface area contributed by atoms with E-state index in [0.29, 0.717) is 19.1 Å². The van der Waals surface area contributed by atoms with Crippen LogP contribution >= 0.6 is 0 Å². The van der Waals surface area contributed by atoms with E-state index < -0.39 is 0 Å². The lowest BCUT2D eigenvalue weighted by molar-refractivity contribution is 0.0926. The molecule has 0 N–H and O–H groups in total. The summed E-state index contributed by atoms with van der Waals surface area (Å²) in [6, 6.07) is 8.08. The number of aryl methyl sites for hydroxylation is 1. The molecule has 0 aromatic heterocycles. The molecule has 0 saturated carbocycles. The molecule has 1 rings (SSSR count). The highest BCUT2D eigenvalue weighted by molar-refractivity contribution is 5.26. The summed E-state index contributed by atoms with van der Waals surface area (Å²) in [5.74, 6) is 1.62. The largest absolute Gasteiger partial charge is 0.491 e. The Labute approximate surface area is 98.6 Å². The molecule has 0 fully saturated rings. The van der Waals surface area contributed by atoms with E-state index in [-0.39, 0.29) is 0 Å². The number of rotatable bonds is 7. The highest BCUT2D eigenvalue weighted by atomic mass is 16.5. The minimum absolute atomic E-state index is 0.626. The van der Waals surface area contributed by atoms with Gasteiger partial charge < -0.3 is 9.47 Å². The van der Waals surface area contributed by atoms with Gasteiger partial charge in [-0.05, 0) is 31.4 Å². The van der Waals surface area contributed by atoms with Crippen molar-refractivity contribution in [3.05, 3.63) is 29.8 Å². The molecule has 0 aliphatic rings. The number of hydrogen-bond acceptors (Lipinski definition) is 2. The summed E-state index contributed by atoms with van der Waals surface area (Å²) in [5.41, 5.74) is 1.25. The molecule has 0 unspecified atom stereocenters. The van der Waals surface area contributed by atoms with Crippen LogP contribution in [0.1, 0.15) is 25.8 Å². The van der Waals surface area contributed by atoms with Crippen LogP contribution in [0.2, 0.25) is 0 Å². The maximum atomic E-state index is 5.54. The van der Waals surface area contributed by atoms with E-state index in [4.69, 9.17) is 9.47 Å². The van der Waals surface area contributed by atoms with Crippen LogP contribution in [-0.2, 0) is 4.74 Å². The smallest absolute Gasteiger partial charge is 0.119 e. The molecule has 0 radical (unpaired) electrons. The van der Waals surface area contributed by atoms with Crippen LogP contribution in [0.25, 0.3) is 0 Å². The first-order valence-corrected chi connectivity index (χ1v) is 5.95. The van der Waals surface area contributed by atoms with Gasteiger partial charge in [-0.2, -0.15) is 0 Å². The third-order valence-corrected chi connectivity index (χ3v) is 2.36. The Morgan fingerprint density at radius 3 is 2.31 bits per heavy atom. The van der Waals surface area contributed by atoms with Crippen molar-refractivity contribution < 1.29 is 9.47 Å². The van der Waals surface area contributed by atoms with Crippen LogP contribution in [-0.4, -0.2) is 19.8 Å². The molecule has 0 spiro atoms. The molecule has 0 heterocycles. The summed E-state index contributed by atoms with van der Waals surface area (Å²) in [6.07, 6.45) is 1.12. The van der Waals surface area contributed by atoms with Gasteiger partial charge in [0.05, 0.1) is 6.61 Å². The minimum Gasteiger partial charge on any atom is -0.491 e. The van der Waals surface area contributed by atoms with Gasteiger partial charge in [0.15, 0.2) is 0 Å². The van der Waals surface area contributed by atoms with Crippen molar-refractivity contribution in [2.75, 3.05) is 19.8 Å². The van der Waals surface area contributed by atoms with Crippen LogP contribution in [0.5, 0.6) is 5.75 Å². The molecule has 2 heteroatoms. The fourth-order valence-electron chi connectivity index (χ4n) is 1.27. The highest BCUT2D eigenvalue weighted by Gasteiger charge is 1.95. The topological polar surface area (TPSA) is 18.5 Å². The van der Waals surface area contributed by atoms with E-state index in [0.717, 1.165) is 18.8 Å². The normalized spacial score (nSPS) is 10.8. The first-order valence-electron chi connectivity index (χ1n) is 5.95. The standard InChI is InChI=1S/C14H22O2/c1-12(2)8-9-15-10-11-16-14-6-4-13(3)5-7-14/h4-7,12H,8-11H2,1-3H3. The third-order valence-electron chi connectivity index (χ3n) is 2.36. The minimum atomic E-state index is 0.626. The van der Waals surface area contributed by atoms with E-state index in [1.165, 1.54) is 5.56 Å². The molecule has 0 saturated heterocycles. The Morgan fingerprint density at radius 1 is 1.00 bits per heavy atom. The van der Waals surface area contributed by atoms with Gasteiger partial charge in [-0.15, -0.1) is 0 Å². The van der Waals surface area contributed by atoms with Crippen LogP contribution in [0, 0.1) is 12.8 Å². The second kappa shape index (κ2) is 7.29. The molecule has 0 amide bonds. The van der Waals surface area contributed by atoms with Crippen molar-refractivity contribution in [3.63, 3.8) is 0 Å². The summed E-state index contributed by atoms with van der Waals surface area (Å²) in [4.78, 5) is 0. The van der Waals surface area contributed by atoms with Crippen molar-refractivity contribution in [1.29, 1.82) is 0 Å².